The van der Waals surface area contributed by atoms with E-state index in [1.807, 2.05) is 12.4 Å². The summed E-state index contributed by atoms with van der Waals surface area (Å²) in [5, 5.41) is 0. The summed E-state index contributed by atoms with van der Waals surface area (Å²) in [7, 11) is 0. The van der Waals surface area contributed by atoms with Crippen molar-refractivity contribution >= 4 is 23.8 Å². The molecule has 0 N–H and O–H groups in total. The van der Waals surface area contributed by atoms with Gasteiger partial charge in [0.05, 0.1) is 35.2 Å². The minimum absolute atomic E-state index is 0. The van der Waals surface area contributed by atoms with Crippen LogP contribution in [0.4, 0.5) is 11.4 Å². The number of rotatable bonds is 22. The Kier molecular flexibility index (Phi) is 26.7. The molecule has 6 heteroatoms. The van der Waals surface area contributed by atoms with Gasteiger partial charge in [0.15, 0.2) is 0 Å². The Morgan fingerprint density at radius 1 is 0.469 bits per heavy atom. The number of nitrogens with zero attached hydrogens (tertiary/aromatic N) is 3. The van der Waals surface area contributed by atoms with Crippen LogP contribution in [0.25, 0.3) is 0 Å². The summed E-state index contributed by atoms with van der Waals surface area (Å²) in [5.74, 6) is 0. The SMILES string of the molecule is CCCCc1cc(CCCC)c(N=Cc2cccc(C=Nc3c(CCCC)cc(CCCC)cc3CCCC)n2)c(CCCC)c1.[Cl-].[Cl-].[V+2]. The molecule has 0 bridgehead atoms. The van der Waals surface area contributed by atoms with Gasteiger partial charge in [-0.2, -0.15) is 0 Å². The Bertz CT molecular complexity index is 1230. The number of aliphatic imine (C=N–C) groups is 2. The van der Waals surface area contributed by atoms with E-state index in [0.717, 1.165) is 49.9 Å². The van der Waals surface area contributed by atoms with Crippen molar-refractivity contribution in [3.8, 4) is 0 Å². The zero-order valence-electron chi connectivity index (χ0n) is 31.5. The standard InChI is InChI=1S/C43H63N3.2ClH.V/c1-7-13-20-34-28-36(22-15-9-3)42(37(29-34)23-16-10-4)44-32-40-26-19-27-41(46-40)33-45-43-38(24-17-11-5)30-35(21-14-8-2)31-39(43)25-18-12-6;;;/h19,26-33H,7-18,20-25H2,1-6H3;2*1H;/q;;;+2/p-2. The van der Waals surface area contributed by atoms with Gasteiger partial charge in [-0.05, 0) is 123 Å². The van der Waals surface area contributed by atoms with Crippen LogP contribution in [-0.2, 0) is 57.1 Å². The number of benzene rings is 2. The Hall–Kier alpha value is -1.91. The maximum atomic E-state index is 5.16. The van der Waals surface area contributed by atoms with Crippen LogP contribution in [0.2, 0.25) is 0 Å². The largest absolute Gasteiger partial charge is 2.00 e. The molecule has 0 saturated heterocycles. The van der Waals surface area contributed by atoms with E-state index in [1.54, 1.807) is 0 Å². The van der Waals surface area contributed by atoms with E-state index in [1.165, 1.54) is 122 Å². The van der Waals surface area contributed by atoms with Crippen molar-refractivity contribution in [1.82, 2.24) is 4.98 Å². The Morgan fingerprint density at radius 2 is 0.755 bits per heavy atom. The molecule has 49 heavy (non-hydrogen) atoms. The Morgan fingerprint density at radius 3 is 1.04 bits per heavy atom. The Labute approximate surface area is 324 Å². The minimum atomic E-state index is 0. The van der Waals surface area contributed by atoms with E-state index in [0.29, 0.717) is 0 Å². The third-order valence-corrected chi connectivity index (χ3v) is 8.94. The first-order chi connectivity index (χ1) is 22.6. The van der Waals surface area contributed by atoms with E-state index in [-0.39, 0.29) is 43.4 Å². The summed E-state index contributed by atoms with van der Waals surface area (Å²) < 4.78 is 0. The first-order valence-electron chi connectivity index (χ1n) is 18.9. The molecule has 1 aromatic heterocycles. The number of hydrogen-bond acceptors (Lipinski definition) is 3. The molecule has 0 fully saturated rings. The summed E-state index contributed by atoms with van der Waals surface area (Å²) in [5.41, 5.74) is 12.7. The average Bonchev–Trinajstić information content (AvgIpc) is 3.08. The first-order valence-corrected chi connectivity index (χ1v) is 18.9. The molecule has 0 aliphatic heterocycles. The minimum Gasteiger partial charge on any atom is -1.00 e. The van der Waals surface area contributed by atoms with Gasteiger partial charge in [-0.3, -0.25) is 9.98 Å². The summed E-state index contributed by atoms with van der Waals surface area (Å²) >= 11 is 0. The third-order valence-electron chi connectivity index (χ3n) is 8.94. The van der Waals surface area contributed by atoms with Gasteiger partial charge in [0.25, 0.3) is 0 Å². The number of pyridine rings is 1. The molecule has 1 radical (unpaired) electrons. The second-order valence-corrected chi connectivity index (χ2v) is 13.2. The quantitative estimate of drug-likeness (QED) is 0.106. The maximum Gasteiger partial charge on any atom is 2.00 e. The fraction of sp³-hybridized carbons (Fsp3) is 0.558. The average molecular weight is 744 g/mol. The Balaban J connectivity index is 0.00000768. The van der Waals surface area contributed by atoms with Crippen LogP contribution in [0.15, 0.2) is 52.4 Å². The molecule has 0 aliphatic carbocycles. The van der Waals surface area contributed by atoms with E-state index < -0.39 is 0 Å². The van der Waals surface area contributed by atoms with Crippen LogP contribution in [0.3, 0.4) is 0 Å². The zero-order valence-corrected chi connectivity index (χ0v) is 34.4. The fourth-order valence-corrected chi connectivity index (χ4v) is 6.15. The summed E-state index contributed by atoms with van der Waals surface area (Å²) in [6.45, 7) is 13.7. The molecule has 3 aromatic rings. The van der Waals surface area contributed by atoms with Crippen molar-refractivity contribution in [2.24, 2.45) is 9.98 Å². The first kappa shape index (κ1) is 47.1. The molecule has 0 unspecified atom stereocenters. The van der Waals surface area contributed by atoms with Gasteiger partial charge in [0, 0.05) is 0 Å². The molecule has 3 nitrogen and oxygen atoms in total. The second kappa shape index (κ2) is 27.8. The van der Waals surface area contributed by atoms with E-state index >= 15 is 0 Å². The number of halogens is 2. The van der Waals surface area contributed by atoms with Crippen LogP contribution >= 0.6 is 0 Å². The van der Waals surface area contributed by atoms with Gasteiger partial charge in [0.2, 0.25) is 0 Å². The summed E-state index contributed by atoms with van der Waals surface area (Å²) in [4.78, 5) is 15.3. The van der Waals surface area contributed by atoms with Crippen LogP contribution in [0.1, 0.15) is 163 Å². The summed E-state index contributed by atoms with van der Waals surface area (Å²) in [6.07, 6.45) is 25.1. The van der Waals surface area contributed by atoms with Crippen molar-refractivity contribution in [3.63, 3.8) is 0 Å². The normalized spacial score (nSPS) is 11.1. The van der Waals surface area contributed by atoms with Gasteiger partial charge in [-0.1, -0.05) is 110 Å². The number of aromatic nitrogens is 1. The second-order valence-electron chi connectivity index (χ2n) is 13.2. The molecule has 1 heterocycles. The molecular weight excluding hydrogens is 680 g/mol. The molecule has 0 atom stereocenters. The number of aryl methyl sites for hydroxylation is 6. The van der Waals surface area contributed by atoms with Gasteiger partial charge in [0.1, 0.15) is 0 Å². The van der Waals surface area contributed by atoms with Crippen LogP contribution in [0.5, 0.6) is 0 Å². The van der Waals surface area contributed by atoms with E-state index in [4.69, 9.17) is 15.0 Å². The van der Waals surface area contributed by atoms with E-state index in [2.05, 4.69) is 84.0 Å². The molecular formula is C43H63Cl2N3V. The smallest absolute Gasteiger partial charge is 1.00 e. The van der Waals surface area contributed by atoms with E-state index in [9.17, 15) is 0 Å². The van der Waals surface area contributed by atoms with Crippen LogP contribution in [-0.4, -0.2) is 17.4 Å². The molecule has 3 rings (SSSR count). The zero-order chi connectivity index (χ0) is 33.0. The van der Waals surface area contributed by atoms with Crippen molar-refractivity contribution in [1.29, 1.82) is 0 Å². The monoisotopic (exact) mass is 742 g/mol. The molecule has 0 aliphatic rings. The number of hydrogen-bond donors (Lipinski definition) is 0. The topological polar surface area (TPSA) is 37.6 Å². The van der Waals surface area contributed by atoms with Crippen LogP contribution < -0.4 is 24.8 Å². The number of unbranched alkanes of at least 4 members (excludes halogenated alkanes) is 6. The predicted octanol–water partition coefficient (Wildman–Crippen LogP) is 6.64. The molecule has 0 saturated carbocycles. The van der Waals surface area contributed by atoms with Gasteiger partial charge < -0.3 is 24.8 Å². The van der Waals surface area contributed by atoms with Crippen molar-refractivity contribution in [3.05, 3.63) is 87.2 Å². The fourth-order valence-electron chi connectivity index (χ4n) is 6.15. The predicted molar refractivity (Wildman–Crippen MR) is 203 cm³/mol. The van der Waals surface area contributed by atoms with Crippen LogP contribution in [0, 0.1) is 0 Å². The molecule has 2 aromatic carbocycles. The van der Waals surface area contributed by atoms with Gasteiger partial charge in [-0.25, -0.2) is 4.98 Å². The van der Waals surface area contributed by atoms with Gasteiger partial charge >= 0.3 is 18.6 Å². The third kappa shape index (κ3) is 16.3. The molecule has 0 amide bonds. The molecule has 269 valence electrons. The van der Waals surface area contributed by atoms with Gasteiger partial charge in [-0.15, -0.1) is 0 Å². The maximum absolute atomic E-state index is 5.16. The van der Waals surface area contributed by atoms with Crippen molar-refractivity contribution in [2.45, 2.75) is 157 Å². The summed E-state index contributed by atoms with van der Waals surface area (Å²) in [6, 6.07) is 16.0. The van der Waals surface area contributed by atoms with Crippen molar-refractivity contribution in [2.75, 3.05) is 0 Å². The van der Waals surface area contributed by atoms with Crippen molar-refractivity contribution < 1.29 is 43.4 Å². The molecule has 0 spiro atoms.